The van der Waals surface area contributed by atoms with Gasteiger partial charge < -0.3 is 21.1 Å². The number of fused-ring (bicyclic) bond motifs is 1. The van der Waals surface area contributed by atoms with E-state index in [1.807, 2.05) is 6.07 Å². The van der Waals surface area contributed by atoms with Gasteiger partial charge in [0.15, 0.2) is 21.3 Å². The lowest BCUT2D eigenvalue weighted by atomic mass is 9.95. The molecular weight excluding hydrogens is 372 g/mol. The zero-order valence-electron chi connectivity index (χ0n) is 15.0. The fourth-order valence-corrected chi connectivity index (χ4v) is 5.58. The van der Waals surface area contributed by atoms with Crippen LogP contribution >= 0.6 is 0 Å². The largest absolute Gasteiger partial charge is 0.480 e. The molecule has 0 spiro atoms. The molecule has 0 unspecified atom stereocenters. The predicted octanol–water partition coefficient (Wildman–Crippen LogP) is -0.658. The fourth-order valence-electron chi connectivity index (χ4n) is 3.46. The average molecular weight is 394 g/mol. The summed E-state index contributed by atoms with van der Waals surface area (Å²) in [5.74, 6) is -1.91. The predicted molar refractivity (Wildman–Crippen MR) is 98.0 cm³/mol. The van der Waals surface area contributed by atoms with E-state index in [1.165, 1.54) is 19.9 Å². The summed E-state index contributed by atoms with van der Waals surface area (Å²) in [7, 11) is -3.88. The molecule has 1 amide bonds. The van der Waals surface area contributed by atoms with Crippen LogP contribution in [0.25, 0.3) is 6.08 Å². The van der Waals surface area contributed by atoms with Gasteiger partial charge in [-0.1, -0.05) is 6.07 Å². The van der Waals surface area contributed by atoms with Gasteiger partial charge >= 0.3 is 5.97 Å². The molecule has 0 saturated carbocycles. The smallest absolute Gasteiger partial charge is 0.328 e. The van der Waals surface area contributed by atoms with Crippen molar-refractivity contribution in [1.82, 2.24) is 15.2 Å². The Morgan fingerprint density at radius 2 is 2.15 bits per heavy atom. The maximum atomic E-state index is 12.8. The van der Waals surface area contributed by atoms with E-state index in [0.717, 1.165) is 10.5 Å². The summed E-state index contributed by atoms with van der Waals surface area (Å²) < 4.78 is 24.0. The summed E-state index contributed by atoms with van der Waals surface area (Å²) in [6.07, 6.45) is 3.04. The van der Waals surface area contributed by atoms with E-state index in [-0.39, 0.29) is 5.57 Å². The van der Waals surface area contributed by atoms with Crippen molar-refractivity contribution in [3.05, 3.63) is 35.2 Å². The van der Waals surface area contributed by atoms with Crippen LogP contribution in [-0.4, -0.2) is 64.5 Å². The lowest BCUT2D eigenvalue weighted by Crippen LogP contribution is -2.58. The number of nitrogens with two attached hydrogens (primary N) is 1. The van der Waals surface area contributed by atoms with Gasteiger partial charge in [0.05, 0.1) is 11.3 Å². The Morgan fingerprint density at radius 1 is 1.44 bits per heavy atom. The summed E-state index contributed by atoms with van der Waals surface area (Å²) in [4.78, 5) is 29.2. The lowest BCUT2D eigenvalue weighted by Gasteiger charge is -2.37. The zero-order valence-corrected chi connectivity index (χ0v) is 15.9. The van der Waals surface area contributed by atoms with Gasteiger partial charge in [0.1, 0.15) is 4.75 Å². The van der Waals surface area contributed by atoms with Gasteiger partial charge in [-0.15, -0.1) is 0 Å². The molecule has 2 aliphatic rings. The Balaban J connectivity index is 1.87. The first-order valence-electron chi connectivity index (χ1n) is 8.49. The van der Waals surface area contributed by atoms with Gasteiger partial charge in [-0.25, -0.2) is 13.2 Å². The molecule has 3 rings (SSSR count). The summed E-state index contributed by atoms with van der Waals surface area (Å²) in [6, 6.07) is 2.10. The minimum Gasteiger partial charge on any atom is -0.480 e. The first-order chi connectivity index (χ1) is 12.6. The van der Waals surface area contributed by atoms with Gasteiger partial charge in [-0.05, 0) is 31.6 Å². The van der Waals surface area contributed by atoms with E-state index in [0.29, 0.717) is 25.3 Å². The number of amides is 1. The molecular formula is C17H22N4O5S. The Kier molecular flexibility index (Phi) is 4.83. The molecule has 0 radical (unpaired) electrons. The van der Waals surface area contributed by atoms with Crippen LogP contribution < -0.4 is 11.1 Å². The number of carbonyl (C=O) groups excluding carboxylic acids is 1. The highest BCUT2D eigenvalue weighted by Crippen LogP contribution is 2.48. The van der Waals surface area contributed by atoms with Crippen molar-refractivity contribution in [2.24, 2.45) is 5.73 Å². The lowest BCUT2D eigenvalue weighted by molar-refractivity contribution is -0.152. The van der Waals surface area contributed by atoms with Crippen LogP contribution in [0.1, 0.15) is 25.1 Å². The highest BCUT2D eigenvalue weighted by atomic mass is 32.2. The summed E-state index contributed by atoms with van der Waals surface area (Å²) >= 11 is 0. The molecule has 2 aliphatic heterocycles. The van der Waals surface area contributed by atoms with Gasteiger partial charge in [0.25, 0.3) is 5.91 Å². The minimum absolute atomic E-state index is 0.0494. The molecule has 4 N–H and O–H groups in total. The van der Waals surface area contributed by atoms with Crippen molar-refractivity contribution >= 4 is 27.8 Å². The summed E-state index contributed by atoms with van der Waals surface area (Å²) in [5.41, 5.74) is 6.82. The van der Waals surface area contributed by atoms with E-state index in [1.54, 1.807) is 12.3 Å². The van der Waals surface area contributed by atoms with Crippen LogP contribution in [0.2, 0.25) is 0 Å². The number of carbonyl (C=O) groups is 2. The Labute approximate surface area is 157 Å². The minimum atomic E-state index is -3.88. The molecule has 1 aromatic heterocycles. The average Bonchev–Trinajstić information content (AvgIpc) is 2.75. The topological polar surface area (TPSA) is 143 Å². The van der Waals surface area contributed by atoms with Crippen molar-refractivity contribution in [3.63, 3.8) is 0 Å². The maximum absolute atomic E-state index is 12.8. The highest BCUT2D eigenvalue weighted by Gasteiger charge is 2.70. The number of hydrogen-bond donors (Lipinski definition) is 3. The molecule has 146 valence electrons. The molecule has 9 nitrogen and oxygen atoms in total. The van der Waals surface area contributed by atoms with Gasteiger partial charge in [0.2, 0.25) is 0 Å². The number of carboxylic acid groups (broad SMARTS) is 1. The number of pyridine rings is 1. The first-order valence-corrected chi connectivity index (χ1v) is 10.0. The molecule has 2 fully saturated rings. The monoisotopic (exact) mass is 394 g/mol. The number of nitrogens with zero attached hydrogens (tertiary/aromatic N) is 2. The van der Waals surface area contributed by atoms with E-state index in [9.17, 15) is 23.1 Å². The third-order valence-corrected chi connectivity index (χ3v) is 7.76. The van der Waals surface area contributed by atoms with Crippen molar-refractivity contribution in [1.29, 1.82) is 0 Å². The molecule has 2 saturated heterocycles. The summed E-state index contributed by atoms with van der Waals surface area (Å²) in [6.45, 7) is 4.48. The van der Waals surface area contributed by atoms with Gasteiger partial charge in [-0.3, -0.25) is 9.78 Å². The third kappa shape index (κ3) is 2.93. The van der Waals surface area contributed by atoms with Gasteiger partial charge in [0, 0.05) is 25.8 Å². The molecule has 0 aliphatic carbocycles. The van der Waals surface area contributed by atoms with E-state index >= 15 is 0 Å². The molecule has 0 bridgehead atoms. The Hall–Kier alpha value is -2.30. The van der Waals surface area contributed by atoms with Crippen LogP contribution in [-0.2, 0) is 26.0 Å². The Bertz CT molecular complexity index is 908. The SMILES string of the molecule is CC1(C)[C@H](C(=O)O)N2C(=O)C(=Cc3ccc(CNCCN)cn3)[C@H]2S1(=O)=O. The van der Waals surface area contributed by atoms with E-state index in [4.69, 9.17) is 5.73 Å². The van der Waals surface area contributed by atoms with Crippen molar-refractivity contribution in [3.8, 4) is 0 Å². The molecule has 2 atom stereocenters. The highest BCUT2D eigenvalue weighted by molar-refractivity contribution is 7.94. The third-order valence-electron chi connectivity index (χ3n) is 5.00. The zero-order chi connectivity index (χ0) is 20.0. The molecule has 10 heteroatoms. The van der Waals surface area contributed by atoms with E-state index in [2.05, 4.69) is 10.3 Å². The molecule has 3 heterocycles. The van der Waals surface area contributed by atoms with Crippen molar-refractivity contribution in [2.45, 2.75) is 36.6 Å². The fraction of sp³-hybridized carbons (Fsp3) is 0.471. The van der Waals surface area contributed by atoms with Crippen molar-refractivity contribution < 1.29 is 23.1 Å². The number of sulfone groups is 1. The van der Waals surface area contributed by atoms with Gasteiger partial charge in [-0.2, -0.15) is 0 Å². The van der Waals surface area contributed by atoms with Crippen LogP contribution in [0.4, 0.5) is 0 Å². The van der Waals surface area contributed by atoms with E-state index < -0.39 is 37.9 Å². The second-order valence-electron chi connectivity index (χ2n) is 7.11. The second kappa shape index (κ2) is 6.70. The summed E-state index contributed by atoms with van der Waals surface area (Å²) in [5, 5.41) is 11.3. The van der Waals surface area contributed by atoms with Crippen molar-refractivity contribution in [2.75, 3.05) is 13.1 Å². The number of aromatic nitrogens is 1. The number of carboxylic acids is 1. The number of hydrogen-bond acceptors (Lipinski definition) is 7. The molecule has 27 heavy (non-hydrogen) atoms. The number of rotatable bonds is 6. The quantitative estimate of drug-likeness (QED) is 0.328. The van der Waals surface area contributed by atoms with Crippen LogP contribution in [0.5, 0.6) is 0 Å². The standard InChI is InChI=1S/C17H22N4O5S/c1-17(2)13(16(23)24)21-14(22)12(15(21)27(17,25)26)7-11-4-3-10(9-20-11)8-19-6-5-18/h3-4,7,9,13,15,19H,5-6,8,18H2,1-2H3,(H,23,24)/t13-,15+/m0/s1. The number of β-lactam (4-membered cyclic amide) rings is 1. The number of aliphatic carboxylic acids is 1. The molecule has 1 aromatic rings. The van der Waals surface area contributed by atoms with Crippen LogP contribution in [0, 0.1) is 0 Å². The van der Waals surface area contributed by atoms with Crippen LogP contribution in [0.15, 0.2) is 23.9 Å². The number of nitrogens with one attached hydrogen (secondary N) is 1. The normalized spacial score (nSPS) is 26.7. The maximum Gasteiger partial charge on any atom is 0.328 e. The molecule has 0 aromatic carbocycles. The Morgan fingerprint density at radius 3 is 2.70 bits per heavy atom. The van der Waals surface area contributed by atoms with Crippen LogP contribution in [0.3, 0.4) is 0 Å². The first kappa shape index (κ1) is 19.5. The second-order valence-corrected chi connectivity index (χ2v) is 9.70.